The molecule has 1 atom stereocenters. The fourth-order valence-corrected chi connectivity index (χ4v) is 1.64. The first-order chi connectivity index (χ1) is 9.68. The molecule has 1 heterocycles. The van der Waals surface area contributed by atoms with E-state index in [1.807, 2.05) is 27.7 Å². The van der Waals surface area contributed by atoms with Gasteiger partial charge in [-0.2, -0.15) is 0 Å². The van der Waals surface area contributed by atoms with Crippen LogP contribution in [0.3, 0.4) is 0 Å². The van der Waals surface area contributed by atoms with Crippen LogP contribution in [0.1, 0.15) is 38.6 Å². The molecule has 0 spiro atoms. The van der Waals surface area contributed by atoms with Crippen LogP contribution in [-0.2, 0) is 11.3 Å². The molecule has 1 aromatic rings. The van der Waals surface area contributed by atoms with E-state index >= 15 is 0 Å². The van der Waals surface area contributed by atoms with E-state index in [0.29, 0.717) is 5.69 Å². The van der Waals surface area contributed by atoms with Gasteiger partial charge in [-0.25, -0.2) is 4.79 Å². The van der Waals surface area contributed by atoms with Crippen LogP contribution in [0.4, 0.5) is 4.79 Å². The standard InChI is InChI=1S/C14H22N4O3/c1-9-6-16-10(7-15-9)8-17-13(21)18-11(5-12(19)20)14(2,3)4/h6-7,11H,5,8H2,1-4H3,(H,19,20)(H2,17,18,21). The highest BCUT2D eigenvalue weighted by Gasteiger charge is 2.28. The Morgan fingerprint density at radius 1 is 1.29 bits per heavy atom. The third-order valence-corrected chi connectivity index (χ3v) is 2.99. The smallest absolute Gasteiger partial charge is 0.315 e. The predicted octanol–water partition coefficient (Wildman–Crippen LogP) is 1.47. The van der Waals surface area contributed by atoms with Crippen LogP contribution in [0.25, 0.3) is 0 Å². The molecule has 3 N–H and O–H groups in total. The molecule has 1 unspecified atom stereocenters. The first-order valence-electron chi connectivity index (χ1n) is 6.72. The number of aryl methyl sites for hydroxylation is 1. The maximum Gasteiger partial charge on any atom is 0.315 e. The number of aromatic nitrogens is 2. The Labute approximate surface area is 124 Å². The number of nitrogens with one attached hydrogen (secondary N) is 2. The topological polar surface area (TPSA) is 104 Å². The number of urea groups is 1. The third-order valence-electron chi connectivity index (χ3n) is 2.99. The molecule has 7 nitrogen and oxygen atoms in total. The lowest BCUT2D eigenvalue weighted by atomic mass is 9.85. The molecule has 1 aromatic heterocycles. The molecule has 7 heteroatoms. The molecule has 0 bridgehead atoms. The van der Waals surface area contributed by atoms with Crippen LogP contribution in [0.2, 0.25) is 0 Å². The largest absolute Gasteiger partial charge is 0.481 e. The summed E-state index contributed by atoms with van der Waals surface area (Å²) in [6.07, 6.45) is 3.09. The van der Waals surface area contributed by atoms with Gasteiger partial charge in [0, 0.05) is 12.2 Å². The fourth-order valence-electron chi connectivity index (χ4n) is 1.64. The summed E-state index contributed by atoms with van der Waals surface area (Å²) < 4.78 is 0. The van der Waals surface area contributed by atoms with E-state index in [1.165, 1.54) is 0 Å². The molecule has 0 radical (unpaired) electrons. The van der Waals surface area contributed by atoms with Crippen LogP contribution < -0.4 is 10.6 Å². The molecule has 0 saturated heterocycles. The summed E-state index contributed by atoms with van der Waals surface area (Å²) >= 11 is 0. The second-order valence-electron chi connectivity index (χ2n) is 5.99. The van der Waals surface area contributed by atoms with Crippen molar-refractivity contribution in [3.8, 4) is 0 Å². The van der Waals surface area contributed by atoms with Crippen molar-refractivity contribution in [3.05, 3.63) is 23.8 Å². The summed E-state index contributed by atoms with van der Waals surface area (Å²) in [5.41, 5.74) is 1.10. The monoisotopic (exact) mass is 294 g/mol. The Morgan fingerprint density at radius 3 is 2.43 bits per heavy atom. The Bertz CT molecular complexity index is 494. The second-order valence-corrected chi connectivity index (χ2v) is 5.99. The number of carbonyl (C=O) groups excluding carboxylic acids is 1. The van der Waals surface area contributed by atoms with E-state index in [2.05, 4.69) is 20.6 Å². The van der Waals surface area contributed by atoms with Gasteiger partial charge in [0.1, 0.15) is 0 Å². The molecular weight excluding hydrogens is 272 g/mol. The molecule has 0 aliphatic rings. The van der Waals surface area contributed by atoms with E-state index in [-0.39, 0.29) is 18.4 Å². The van der Waals surface area contributed by atoms with E-state index in [9.17, 15) is 9.59 Å². The minimum Gasteiger partial charge on any atom is -0.481 e. The molecule has 1 rings (SSSR count). The van der Waals surface area contributed by atoms with Crippen LogP contribution in [0, 0.1) is 12.3 Å². The normalized spacial score (nSPS) is 12.6. The SMILES string of the molecule is Cc1cnc(CNC(=O)NC(CC(=O)O)C(C)(C)C)cn1. The molecule has 21 heavy (non-hydrogen) atoms. The van der Waals surface area contributed by atoms with Crippen molar-refractivity contribution in [1.82, 2.24) is 20.6 Å². The van der Waals surface area contributed by atoms with Gasteiger partial charge in [-0.05, 0) is 12.3 Å². The van der Waals surface area contributed by atoms with Crippen molar-refractivity contribution in [2.45, 2.75) is 46.7 Å². The van der Waals surface area contributed by atoms with Gasteiger partial charge < -0.3 is 15.7 Å². The fraction of sp³-hybridized carbons (Fsp3) is 0.571. The summed E-state index contributed by atoms with van der Waals surface area (Å²) in [5.74, 6) is -0.945. The Kier molecular flexibility index (Phi) is 5.63. The Hall–Kier alpha value is -2.18. The van der Waals surface area contributed by atoms with Crippen LogP contribution in [0.15, 0.2) is 12.4 Å². The molecule has 0 aliphatic carbocycles. The van der Waals surface area contributed by atoms with Crippen molar-refractivity contribution in [2.24, 2.45) is 5.41 Å². The summed E-state index contributed by atoms with van der Waals surface area (Å²) in [4.78, 5) is 30.9. The number of amides is 2. The minimum absolute atomic E-state index is 0.124. The average molecular weight is 294 g/mol. The van der Waals surface area contributed by atoms with Crippen molar-refractivity contribution in [3.63, 3.8) is 0 Å². The molecular formula is C14H22N4O3. The van der Waals surface area contributed by atoms with Gasteiger partial charge in [0.05, 0.1) is 30.6 Å². The van der Waals surface area contributed by atoms with E-state index in [1.54, 1.807) is 12.4 Å². The van der Waals surface area contributed by atoms with Gasteiger partial charge in [-0.1, -0.05) is 20.8 Å². The lowest BCUT2D eigenvalue weighted by Crippen LogP contribution is -2.48. The van der Waals surface area contributed by atoms with Gasteiger partial charge in [0.25, 0.3) is 0 Å². The first-order valence-corrected chi connectivity index (χ1v) is 6.72. The lowest BCUT2D eigenvalue weighted by molar-refractivity contribution is -0.138. The Morgan fingerprint density at radius 2 is 1.95 bits per heavy atom. The molecule has 0 fully saturated rings. The third kappa shape index (κ3) is 6.20. The van der Waals surface area contributed by atoms with Crippen LogP contribution in [0.5, 0.6) is 0 Å². The zero-order chi connectivity index (χ0) is 16.0. The average Bonchev–Trinajstić information content (AvgIpc) is 2.36. The predicted molar refractivity (Wildman–Crippen MR) is 77.6 cm³/mol. The second kappa shape index (κ2) is 7.01. The molecule has 0 aromatic carbocycles. The number of rotatable bonds is 5. The maximum absolute atomic E-state index is 11.9. The van der Waals surface area contributed by atoms with Crippen LogP contribution in [-0.4, -0.2) is 33.1 Å². The van der Waals surface area contributed by atoms with Crippen molar-refractivity contribution in [1.29, 1.82) is 0 Å². The van der Waals surface area contributed by atoms with Crippen molar-refractivity contribution >= 4 is 12.0 Å². The Balaban J connectivity index is 2.54. The number of hydrogen-bond donors (Lipinski definition) is 3. The van der Waals surface area contributed by atoms with Gasteiger partial charge in [-0.3, -0.25) is 14.8 Å². The number of carbonyl (C=O) groups is 2. The first kappa shape index (κ1) is 16.9. The van der Waals surface area contributed by atoms with Gasteiger partial charge in [0.2, 0.25) is 0 Å². The highest BCUT2D eigenvalue weighted by Crippen LogP contribution is 2.21. The van der Waals surface area contributed by atoms with Crippen LogP contribution >= 0.6 is 0 Å². The maximum atomic E-state index is 11.9. The molecule has 2 amide bonds. The van der Waals surface area contributed by atoms with E-state index in [4.69, 9.17) is 5.11 Å². The van der Waals surface area contributed by atoms with Gasteiger partial charge in [-0.15, -0.1) is 0 Å². The number of carboxylic acid groups (broad SMARTS) is 1. The number of aliphatic carboxylic acids is 1. The zero-order valence-corrected chi connectivity index (χ0v) is 12.8. The highest BCUT2D eigenvalue weighted by molar-refractivity contribution is 5.75. The lowest BCUT2D eigenvalue weighted by Gasteiger charge is -2.30. The quantitative estimate of drug-likeness (QED) is 0.763. The highest BCUT2D eigenvalue weighted by atomic mass is 16.4. The van der Waals surface area contributed by atoms with E-state index < -0.39 is 18.0 Å². The molecule has 0 aliphatic heterocycles. The molecule has 116 valence electrons. The number of carboxylic acids is 1. The number of nitrogens with zero attached hydrogens (tertiary/aromatic N) is 2. The molecule has 0 saturated carbocycles. The summed E-state index contributed by atoms with van der Waals surface area (Å²) in [7, 11) is 0. The van der Waals surface area contributed by atoms with Gasteiger partial charge >= 0.3 is 12.0 Å². The number of hydrogen-bond acceptors (Lipinski definition) is 4. The van der Waals surface area contributed by atoms with Crippen molar-refractivity contribution in [2.75, 3.05) is 0 Å². The van der Waals surface area contributed by atoms with E-state index in [0.717, 1.165) is 5.69 Å². The minimum atomic E-state index is -0.945. The summed E-state index contributed by atoms with van der Waals surface area (Å²) in [5, 5.41) is 14.2. The van der Waals surface area contributed by atoms with Gasteiger partial charge in [0.15, 0.2) is 0 Å². The summed E-state index contributed by atoms with van der Waals surface area (Å²) in [6, 6.07) is -0.877. The zero-order valence-electron chi connectivity index (χ0n) is 12.8. The summed E-state index contributed by atoms with van der Waals surface area (Å²) in [6.45, 7) is 7.71. The van der Waals surface area contributed by atoms with Crippen molar-refractivity contribution < 1.29 is 14.7 Å².